The first-order chi connectivity index (χ1) is 6.33. The molecule has 13 heavy (non-hydrogen) atoms. The van der Waals surface area contributed by atoms with Crippen LogP contribution in [0.15, 0.2) is 35.5 Å². The van der Waals surface area contributed by atoms with Crippen LogP contribution in [0.3, 0.4) is 0 Å². The minimum Gasteiger partial charge on any atom is -0.393 e. The molecule has 1 nitrogen and oxygen atoms in total. The normalized spacial score (nSPS) is 41.2. The smallest absolute Gasteiger partial charge is 0.0583 e. The van der Waals surface area contributed by atoms with Gasteiger partial charge in [0.1, 0.15) is 0 Å². The molecule has 0 aromatic carbocycles. The van der Waals surface area contributed by atoms with Gasteiger partial charge < -0.3 is 5.11 Å². The van der Waals surface area contributed by atoms with Crippen LogP contribution in [0.25, 0.3) is 0 Å². The van der Waals surface area contributed by atoms with Gasteiger partial charge in [-0.1, -0.05) is 29.9 Å². The first-order valence-corrected chi connectivity index (χ1v) is 5.10. The van der Waals surface area contributed by atoms with Gasteiger partial charge in [0.25, 0.3) is 0 Å². The lowest BCUT2D eigenvalue weighted by Gasteiger charge is -2.23. The maximum atomic E-state index is 9.54. The minimum atomic E-state index is -0.0698. The molecule has 68 valence electrons. The zero-order valence-corrected chi connectivity index (χ0v) is 7.61. The number of fused-ring (bicyclic) bond motifs is 2. The lowest BCUT2D eigenvalue weighted by molar-refractivity contribution is 0.177. The molecule has 1 fully saturated rings. The summed E-state index contributed by atoms with van der Waals surface area (Å²) < 4.78 is 0. The van der Waals surface area contributed by atoms with E-state index in [2.05, 4.69) is 24.3 Å². The Labute approximate surface area is 78.5 Å². The Hall–Kier alpha value is -0.820. The number of hydrogen-bond donors (Lipinski definition) is 1. The topological polar surface area (TPSA) is 20.2 Å². The molecule has 3 aliphatic rings. The summed E-state index contributed by atoms with van der Waals surface area (Å²) in [7, 11) is 0. The molecule has 3 unspecified atom stereocenters. The SMILES string of the molecule is OC1CC2=CC3=CC=CC3CC2C1. The fourth-order valence-corrected chi connectivity index (χ4v) is 2.85. The van der Waals surface area contributed by atoms with Crippen LogP contribution in [0.1, 0.15) is 19.3 Å². The van der Waals surface area contributed by atoms with Crippen molar-refractivity contribution in [2.75, 3.05) is 0 Å². The number of hydrogen-bond acceptors (Lipinski definition) is 1. The van der Waals surface area contributed by atoms with E-state index < -0.39 is 0 Å². The predicted molar refractivity (Wildman–Crippen MR) is 52.1 cm³/mol. The van der Waals surface area contributed by atoms with Crippen LogP contribution in [0.5, 0.6) is 0 Å². The van der Waals surface area contributed by atoms with Crippen molar-refractivity contribution in [2.24, 2.45) is 11.8 Å². The summed E-state index contributed by atoms with van der Waals surface area (Å²) in [5, 5.41) is 9.54. The lowest BCUT2D eigenvalue weighted by atomic mass is 9.81. The third kappa shape index (κ3) is 1.11. The lowest BCUT2D eigenvalue weighted by Crippen LogP contribution is -2.11. The van der Waals surface area contributed by atoms with Gasteiger partial charge in [0, 0.05) is 5.92 Å². The standard InChI is InChI=1S/C12H14O/c13-12-6-10-4-8-2-1-3-9(8)5-11(10)7-12/h1-4,9,11-13H,5-7H2. The summed E-state index contributed by atoms with van der Waals surface area (Å²) in [6.07, 6.45) is 12.0. The Balaban J connectivity index is 1.94. The van der Waals surface area contributed by atoms with Crippen LogP contribution in [-0.4, -0.2) is 11.2 Å². The van der Waals surface area contributed by atoms with E-state index in [0.717, 1.165) is 12.8 Å². The first kappa shape index (κ1) is 7.57. The summed E-state index contributed by atoms with van der Waals surface area (Å²) in [4.78, 5) is 0. The Bertz CT molecular complexity index is 322. The van der Waals surface area contributed by atoms with Crippen LogP contribution < -0.4 is 0 Å². The van der Waals surface area contributed by atoms with Crippen LogP contribution >= 0.6 is 0 Å². The molecule has 0 aliphatic heterocycles. The van der Waals surface area contributed by atoms with Crippen molar-refractivity contribution in [2.45, 2.75) is 25.4 Å². The number of aliphatic hydroxyl groups is 1. The van der Waals surface area contributed by atoms with Gasteiger partial charge in [0.2, 0.25) is 0 Å². The molecule has 1 heteroatoms. The number of allylic oxidation sites excluding steroid dienone is 5. The Morgan fingerprint density at radius 2 is 2.23 bits per heavy atom. The summed E-state index contributed by atoms with van der Waals surface area (Å²) in [6, 6.07) is 0. The fourth-order valence-electron chi connectivity index (χ4n) is 2.85. The van der Waals surface area contributed by atoms with Gasteiger partial charge in [-0.05, 0) is 30.8 Å². The molecular weight excluding hydrogens is 160 g/mol. The molecule has 0 bridgehead atoms. The third-order valence-electron chi connectivity index (χ3n) is 3.50. The van der Waals surface area contributed by atoms with Crippen molar-refractivity contribution in [1.29, 1.82) is 0 Å². The Morgan fingerprint density at radius 1 is 1.31 bits per heavy atom. The van der Waals surface area contributed by atoms with Gasteiger partial charge in [0.05, 0.1) is 6.10 Å². The molecule has 1 saturated carbocycles. The second kappa shape index (κ2) is 2.58. The van der Waals surface area contributed by atoms with Crippen molar-refractivity contribution >= 4 is 0 Å². The molecule has 3 rings (SSSR count). The van der Waals surface area contributed by atoms with Gasteiger partial charge in [-0.15, -0.1) is 0 Å². The van der Waals surface area contributed by atoms with E-state index in [1.807, 2.05) is 0 Å². The summed E-state index contributed by atoms with van der Waals surface area (Å²) >= 11 is 0. The maximum Gasteiger partial charge on any atom is 0.0583 e. The van der Waals surface area contributed by atoms with E-state index in [9.17, 15) is 5.11 Å². The van der Waals surface area contributed by atoms with Crippen molar-refractivity contribution in [3.63, 3.8) is 0 Å². The third-order valence-corrected chi connectivity index (χ3v) is 3.50. The van der Waals surface area contributed by atoms with Gasteiger partial charge in [-0.25, -0.2) is 0 Å². The zero-order chi connectivity index (χ0) is 8.84. The molecule has 0 saturated heterocycles. The Morgan fingerprint density at radius 3 is 3.15 bits per heavy atom. The van der Waals surface area contributed by atoms with Crippen LogP contribution in [0.4, 0.5) is 0 Å². The molecular formula is C12H14O. The van der Waals surface area contributed by atoms with E-state index in [4.69, 9.17) is 0 Å². The van der Waals surface area contributed by atoms with Gasteiger partial charge >= 0.3 is 0 Å². The van der Waals surface area contributed by atoms with E-state index in [1.165, 1.54) is 17.6 Å². The van der Waals surface area contributed by atoms with Crippen LogP contribution in [-0.2, 0) is 0 Å². The van der Waals surface area contributed by atoms with Gasteiger partial charge in [-0.2, -0.15) is 0 Å². The second-order valence-corrected chi connectivity index (χ2v) is 4.40. The fraction of sp³-hybridized carbons (Fsp3) is 0.500. The van der Waals surface area contributed by atoms with Gasteiger partial charge in [0.15, 0.2) is 0 Å². The van der Waals surface area contributed by atoms with Gasteiger partial charge in [-0.3, -0.25) is 0 Å². The summed E-state index contributed by atoms with van der Waals surface area (Å²) in [5.74, 6) is 1.32. The predicted octanol–water partition coefficient (Wildman–Crippen LogP) is 2.20. The summed E-state index contributed by atoms with van der Waals surface area (Å²) in [6.45, 7) is 0. The second-order valence-electron chi connectivity index (χ2n) is 4.40. The van der Waals surface area contributed by atoms with E-state index in [0.29, 0.717) is 11.8 Å². The van der Waals surface area contributed by atoms with Crippen molar-refractivity contribution in [3.8, 4) is 0 Å². The maximum absolute atomic E-state index is 9.54. The average molecular weight is 174 g/mol. The molecule has 0 aromatic rings. The zero-order valence-electron chi connectivity index (χ0n) is 7.61. The highest BCUT2D eigenvalue weighted by atomic mass is 16.3. The highest BCUT2D eigenvalue weighted by Gasteiger charge is 2.34. The molecule has 1 N–H and O–H groups in total. The molecule has 0 amide bonds. The largest absolute Gasteiger partial charge is 0.393 e. The monoisotopic (exact) mass is 174 g/mol. The van der Waals surface area contributed by atoms with Crippen LogP contribution in [0.2, 0.25) is 0 Å². The first-order valence-electron chi connectivity index (χ1n) is 5.10. The quantitative estimate of drug-likeness (QED) is 0.597. The molecule has 3 aliphatic carbocycles. The molecule has 0 spiro atoms. The highest BCUT2D eigenvalue weighted by Crippen LogP contribution is 2.44. The summed E-state index contributed by atoms with van der Waals surface area (Å²) in [5.41, 5.74) is 2.94. The van der Waals surface area contributed by atoms with Crippen molar-refractivity contribution < 1.29 is 5.11 Å². The van der Waals surface area contributed by atoms with Crippen molar-refractivity contribution in [3.05, 3.63) is 35.5 Å². The minimum absolute atomic E-state index is 0.0698. The van der Waals surface area contributed by atoms with E-state index in [1.54, 1.807) is 0 Å². The average Bonchev–Trinajstić information content (AvgIpc) is 2.63. The molecule has 0 radical (unpaired) electrons. The van der Waals surface area contributed by atoms with Crippen LogP contribution in [0, 0.1) is 11.8 Å². The van der Waals surface area contributed by atoms with Crippen molar-refractivity contribution in [1.82, 2.24) is 0 Å². The number of rotatable bonds is 0. The number of aliphatic hydroxyl groups excluding tert-OH is 1. The molecule has 0 aromatic heterocycles. The molecule has 3 atom stereocenters. The molecule has 0 heterocycles. The van der Waals surface area contributed by atoms with E-state index in [-0.39, 0.29) is 6.10 Å². The van der Waals surface area contributed by atoms with E-state index >= 15 is 0 Å². The Kier molecular flexibility index (Phi) is 1.50. The highest BCUT2D eigenvalue weighted by molar-refractivity contribution is 5.42.